The predicted octanol–water partition coefficient (Wildman–Crippen LogP) is 11.5. The van der Waals surface area contributed by atoms with E-state index in [9.17, 15) is 15.0 Å². The molecule has 1 amide bonds. The first-order valence-electron chi connectivity index (χ1n) is 19.2. The minimum atomic E-state index is -0.838. The molecule has 0 bridgehead atoms. The van der Waals surface area contributed by atoms with Gasteiger partial charge in [-0.25, -0.2) is 0 Å². The van der Waals surface area contributed by atoms with E-state index in [-0.39, 0.29) is 12.5 Å². The maximum atomic E-state index is 12.3. The van der Waals surface area contributed by atoms with Crippen LogP contribution >= 0.6 is 0 Å². The Labute approximate surface area is 274 Å². The zero-order chi connectivity index (χ0) is 32.2. The molecule has 0 fully saturated rings. The SMILES string of the molecule is CCCCC/C=C\C=C/CCCCCCCCCCCCC(=O)NC(CO)C(O)/C=C/CCCCCCCCCCCCC. The fourth-order valence-electron chi connectivity index (χ4n) is 5.64. The van der Waals surface area contributed by atoms with Crippen LogP contribution in [0.1, 0.15) is 194 Å². The molecule has 2 unspecified atom stereocenters. The van der Waals surface area contributed by atoms with Crippen molar-refractivity contribution in [2.24, 2.45) is 0 Å². The molecule has 0 aliphatic heterocycles. The summed E-state index contributed by atoms with van der Waals surface area (Å²) in [4.78, 5) is 12.3. The van der Waals surface area contributed by atoms with Crippen molar-refractivity contribution in [3.63, 3.8) is 0 Å². The lowest BCUT2D eigenvalue weighted by atomic mass is 10.0. The number of rotatable bonds is 34. The normalized spacial score (nSPS) is 13.5. The third-order valence-electron chi connectivity index (χ3n) is 8.65. The van der Waals surface area contributed by atoms with Crippen LogP contribution in [0.5, 0.6) is 0 Å². The molecule has 4 heteroatoms. The number of aliphatic hydroxyl groups excluding tert-OH is 2. The van der Waals surface area contributed by atoms with Gasteiger partial charge in [-0.2, -0.15) is 0 Å². The van der Waals surface area contributed by atoms with Crippen molar-refractivity contribution in [2.45, 2.75) is 206 Å². The number of aliphatic hydroxyl groups is 2. The van der Waals surface area contributed by atoms with Crippen molar-refractivity contribution in [1.82, 2.24) is 5.32 Å². The molecule has 2 atom stereocenters. The summed E-state index contributed by atoms with van der Waals surface area (Å²) in [7, 11) is 0. The minimum absolute atomic E-state index is 0.0697. The summed E-state index contributed by atoms with van der Waals surface area (Å²) in [6.07, 6.45) is 46.5. The van der Waals surface area contributed by atoms with Crippen LogP contribution < -0.4 is 5.32 Å². The van der Waals surface area contributed by atoms with Crippen LogP contribution in [0.4, 0.5) is 0 Å². The average Bonchev–Trinajstić information content (AvgIpc) is 3.03. The molecule has 3 N–H and O–H groups in total. The van der Waals surface area contributed by atoms with Gasteiger partial charge in [0.25, 0.3) is 0 Å². The lowest BCUT2D eigenvalue weighted by molar-refractivity contribution is -0.123. The van der Waals surface area contributed by atoms with E-state index in [0.29, 0.717) is 6.42 Å². The van der Waals surface area contributed by atoms with Crippen LogP contribution in [0.25, 0.3) is 0 Å². The summed E-state index contributed by atoms with van der Waals surface area (Å²) < 4.78 is 0. The second kappa shape index (κ2) is 36.1. The Balaban J connectivity index is 3.61. The molecule has 0 aromatic heterocycles. The molecule has 0 rings (SSSR count). The highest BCUT2D eigenvalue weighted by molar-refractivity contribution is 5.76. The van der Waals surface area contributed by atoms with Crippen molar-refractivity contribution < 1.29 is 15.0 Å². The van der Waals surface area contributed by atoms with Gasteiger partial charge in [0.2, 0.25) is 5.91 Å². The number of carbonyl (C=O) groups is 1. The maximum Gasteiger partial charge on any atom is 0.220 e. The Kier molecular flexibility index (Phi) is 34.9. The van der Waals surface area contributed by atoms with Crippen molar-refractivity contribution in [3.8, 4) is 0 Å². The number of allylic oxidation sites excluding steroid dienone is 5. The van der Waals surface area contributed by atoms with Gasteiger partial charge >= 0.3 is 0 Å². The van der Waals surface area contributed by atoms with Gasteiger partial charge < -0.3 is 15.5 Å². The molecule has 0 heterocycles. The first kappa shape index (κ1) is 42.6. The quantitative estimate of drug-likeness (QED) is 0.0382. The lowest BCUT2D eigenvalue weighted by Gasteiger charge is -2.20. The van der Waals surface area contributed by atoms with E-state index in [0.717, 1.165) is 25.7 Å². The van der Waals surface area contributed by atoms with E-state index >= 15 is 0 Å². The molecule has 44 heavy (non-hydrogen) atoms. The molecule has 4 nitrogen and oxygen atoms in total. The molecule has 0 spiro atoms. The molecular weight excluding hydrogens is 542 g/mol. The predicted molar refractivity (Wildman–Crippen MR) is 193 cm³/mol. The summed E-state index contributed by atoms with van der Waals surface area (Å²) in [6, 6.07) is -0.621. The standard InChI is InChI=1S/C40H75NO3/c1-3-5-7-9-11-13-15-17-18-19-20-21-22-24-26-28-30-32-34-36-40(44)41-38(37-42)39(43)35-33-31-29-27-25-23-16-14-12-10-8-6-4-2/h11,13,15,17,33,35,38-39,42-43H,3-10,12,14,16,18-32,34,36-37H2,1-2H3,(H,41,44)/b13-11-,17-15-,35-33+. The second-order valence-corrected chi connectivity index (χ2v) is 13.0. The summed E-state index contributed by atoms with van der Waals surface area (Å²) >= 11 is 0. The number of hydrogen-bond donors (Lipinski definition) is 3. The Bertz CT molecular complexity index is 672. The smallest absolute Gasteiger partial charge is 0.220 e. The Morgan fingerprint density at radius 1 is 0.545 bits per heavy atom. The monoisotopic (exact) mass is 618 g/mol. The van der Waals surface area contributed by atoms with Gasteiger partial charge in [-0.15, -0.1) is 0 Å². The molecule has 0 aromatic rings. The van der Waals surface area contributed by atoms with Crippen LogP contribution in [0.3, 0.4) is 0 Å². The molecule has 0 saturated carbocycles. The highest BCUT2D eigenvalue weighted by Crippen LogP contribution is 2.14. The first-order chi connectivity index (χ1) is 21.7. The Morgan fingerprint density at radius 3 is 1.36 bits per heavy atom. The molecule has 0 aliphatic carbocycles. The molecular formula is C40H75NO3. The number of amides is 1. The fourth-order valence-corrected chi connectivity index (χ4v) is 5.64. The first-order valence-corrected chi connectivity index (χ1v) is 19.2. The fraction of sp³-hybridized carbons (Fsp3) is 0.825. The van der Waals surface area contributed by atoms with Crippen molar-refractivity contribution in [2.75, 3.05) is 6.61 Å². The van der Waals surface area contributed by atoms with Gasteiger partial charge in [-0.1, -0.05) is 179 Å². The van der Waals surface area contributed by atoms with Gasteiger partial charge in [0, 0.05) is 6.42 Å². The van der Waals surface area contributed by atoms with Crippen molar-refractivity contribution in [3.05, 3.63) is 36.5 Å². The van der Waals surface area contributed by atoms with E-state index in [4.69, 9.17) is 0 Å². The summed E-state index contributed by atoms with van der Waals surface area (Å²) in [6.45, 7) is 4.27. The lowest BCUT2D eigenvalue weighted by Crippen LogP contribution is -2.45. The van der Waals surface area contributed by atoms with E-state index < -0.39 is 12.1 Å². The molecule has 0 saturated heterocycles. The van der Waals surface area contributed by atoms with Crippen LogP contribution in [0.2, 0.25) is 0 Å². The maximum absolute atomic E-state index is 12.3. The van der Waals surface area contributed by atoms with Crippen LogP contribution in [-0.4, -0.2) is 34.9 Å². The molecule has 0 aromatic carbocycles. The van der Waals surface area contributed by atoms with E-state index in [1.807, 2.05) is 6.08 Å². The highest BCUT2D eigenvalue weighted by atomic mass is 16.3. The third-order valence-corrected chi connectivity index (χ3v) is 8.65. The summed E-state index contributed by atoms with van der Waals surface area (Å²) in [5.41, 5.74) is 0. The molecule has 258 valence electrons. The van der Waals surface area contributed by atoms with E-state index in [1.54, 1.807) is 6.08 Å². The zero-order valence-electron chi connectivity index (χ0n) is 29.4. The van der Waals surface area contributed by atoms with Gasteiger partial charge in [0.15, 0.2) is 0 Å². The van der Waals surface area contributed by atoms with Gasteiger partial charge in [-0.05, 0) is 44.9 Å². The molecule has 0 radical (unpaired) electrons. The minimum Gasteiger partial charge on any atom is -0.394 e. The largest absolute Gasteiger partial charge is 0.394 e. The topological polar surface area (TPSA) is 69.6 Å². The van der Waals surface area contributed by atoms with Gasteiger partial charge in [-0.3, -0.25) is 4.79 Å². The number of unbranched alkanes of at least 4 members (excludes halogenated alkanes) is 24. The van der Waals surface area contributed by atoms with Crippen LogP contribution in [0.15, 0.2) is 36.5 Å². The third kappa shape index (κ3) is 32.0. The van der Waals surface area contributed by atoms with Gasteiger partial charge in [0.1, 0.15) is 0 Å². The Morgan fingerprint density at radius 2 is 0.909 bits per heavy atom. The number of hydrogen-bond acceptors (Lipinski definition) is 3. The highest BCUT2D eigenvalue weighted by Gasteiger charge is 2.17. The second-order valence-electron chi connectivity index (χ2n) is 13.0. The van der Waals surface area contributed by atoms with Crippen molar-refractivity contribution >= 4 is 5.91 Å². The van der Waals surface area contributed by atoms with Crippen LogP contribution in [-0.2, 0) is 4.79 Å². The van der Waals surface area contributed by atoms with Crippen molar-refractivity contribution in [1.29, 1.82) is 0 Å². The summed E-state index contributed by atoms with van der Waals surface area (Å²) in [5, 5.41) is 22.9. The van der Waals surface area contributed by atoms with E-state index in [1.165, 1.54) is 148 Å². The molecule has 0 aliphatic rings. The summed E-state index contributed by atoms with van der Waals surface area (Å²) in [5.74, 6) is -0.0697. The average molecular weight is 618 g/mol. The van der Waals surface area contributed by atoms with Gasteiger partial charge in [0.05, 0.1) is 18.8 Å². The van der Waals surface area contributed by atoms with E-state index in [2.05, 4.69) is 43.5 Å². The number of nitrogens with one attached hydrogen (secondary N) is 1. The number of carbonyl (C=O) groups excluding carboxylic acids is 1. The van der Waals surface area contributed by atoms with Crippen LogP contribution in [0, 0.1) is 0 Å². The zero-order valence-corrected chi connectivity index (χ0v) is 29.4. The Hall–Kier alpha value is -1.39.